The van der Waals surface area contributed by atoms with Crippen LogP contribution in [0.1, 0.15) is 19.0 Å². The Labute approximate surface area is 160 Å². The fourth-order valence-corrected chi connectivity index (χ4v) is 2.31. The maximum atomic E-state index is 4.80. The van der Waals surface area contributed by atoms with Gasteiger partial charge < -0.3 is 20.1 Å². The lowest BCUT2D eigenvalue weighted by Crippen LogP contribution is -2.38. The molecule has 2 aromatic rings. The summed E-state index contributed by atoms with van der Waals surface area (Å²) in [6.07, 6.45) is 2.60. The zero-order valence-electron chi connectivity index (χ0n) is 14.2. The molecule has 7 heteroatoms. The van der Waals surface area contributed by atoms with Crippen molar-refractivity contribution in [1.82, 2.24) is 15.8 Å². The summed E-state index contributed by atoms with van der Waals surface area (Å²) in [4.78, 5) is 6.57. The molecule has 1 aromatic heterocycles. The largest absolute Gasteiger partial charge is 0.372 e. The summed E-state index contributed by atoms with van der Waals surface area (Å²) in [5.41, 5.74) is 2.12. The number of rotatable bonds is 8. The zero-order valence-corrected chi connectivity index (χ0v) is 16.6. The van der Waals surface area contributed by atoms with Gasteiger partial charge in [-0.05, 0) is 25.5 Å². The highest BCUT2D eigenvalue weighted by molar-refractivity contribution is 14.0. The van der Waals surface area contributed by atoms with Gasteiger partial charge in [0.25, 0.3) is 0 Å². The number of nitrogens with zero attached hydrogens (tertiary/aromatic N) is 3. The predicted octanol–water partition coefficient (Wildman–Crippen LogP) is 2.87. The average Bonchev–Trinajstić information content (AvgIpc) is 3.12. The van der Waals surface area contributed by atoms with Crippen LogP contribution in [0.3, 0.4) is 0 Å². The summed E-state index contributed by atoms with van der Waals surface area (Å²) in [6.45, 7) is 5.65. The number of benzene rings is 1. The molecule has 0 atom stereocenters. The van der Waals surface area contributed by atoms with Crippen LogP contribution < -0.4 is 15.5 Å². The van der Waals surface area contributed by atoms with Gasteiger partial charge >= 0.3 is 0 Å². The van der Waals surface area contributed by atoms with E-state index in [4.69, 9.17) is 4.52 Å². The Bertz CT molecular complexity index is 574. The Balaban J connectivity index is 0.00000288. The van der Waals surface area contributed by atoms with Crippen molar-refractivity contribution in [3.05, 3.63) is 48.4 Å². The van der Waals surface area contributed by atoms with Gasteiger partial charge in [-0.15, -0.1) is 24.0 Å². The third-order valence-corrected chi connectivity index (χ3v) is 3.55. The summed E-state index contributed by atoms with van der Waals surface area (Å²) in [6, 6.07) is 12.3. The maximum absolute atomic E-state index is 4.80. The first-order chi connectivity index (χ1) is 11.3. The lowest BCUT2D eigenvalue weighted by atomic mass is 10.2. The number of aliphatic imine (C=N–C) groups is 1. The molecule has 24 heavy (non-hydrogen) atoms. The number of nitrogens with one attached hydrogen (secondary N) is 2. The van der Waals surface area contributed by atoms with Crippen molar-refractivity contribution in [3.8, 4) is 0 Å². The van der Waals surface area contributed by atoms with E-state index in [9.17, 15) is 0 Å². The van der Waals surface area contributed by atoms with Gasteiger partial charge in [0.1, 0.15) is 12.0 Å². The SMILES string of the molecule is CCN(CCCNC(=NC)NCc1ccon1)c1ccccc1.I. The van der Waals surface area contributed by atoms with Crippen LogP contribution in [0.5, 0.6) is 0 Å². The molecule has 0 saturated carbocycles. The molecule has 0 amide bonds. The van der Waals surface area contributed by atoms with E-state index < -0.39 is 0 Å². The van der Waals surface area contributed by atoms with Gasteiger partial charge in [0, 0.05) is 38.4 Å². The van der Waals surface area contributed by atoms with Gasteiger partial charge in [-0.1, -0.05) is 23.4 Å². The highest BCUT2D eigenvalue weighted by Gasteiger charge is 2.04. The fourth-order valence-electron chi connectivity index (χ4n) is 2.31. The normalized spacial score (nSPS) is 10.8. The molecular formula is C17H26IN5O. The van der Waals surface area contributed by atoms with Gasteiger partial charge in [-0.25, -0.2) is 0 Å². The second kappa shape index (κ2) is 11.7. The van der Waals surface area contributed by atoms with Crippen LogP contribution in [0.15, 0.2) is 52.2 Å². The molecule has 1 heterocycles. The van der Waals surface area contributed by atoms with E-state index in [-0.39, 0.29) is 24.0 Å². The summed E-state index contributed by atoms with van der Waals surface area (Å²) in [7, 11) is 1.76. The molecular weight excluding hydrogens is 417 g/mol. The Kier molecular flexibility index (Phi) is 9.90. The van der Waals surface area contributed by atoms with Gasteiger partial charge in [0.15, 0.2) is 5.96 Å². The number of halogens is 1. The number of hydrogen-bond donors (Lipinski definition) is 2. The lowest BCUT2D eigenvalue weighted by molar-refractivity contribution is 0.410. The maximum Gasteiger partial charge on any atom is 0.191 e. The first kappa shape index (κ1) is 20.3. The van der Waals surface area contributed by atoms with Gasteiger partial charge in [-0.2, -0.15) is 0 Å². The molecule has 0 saturated heterocycles. The third kappa shape index (κ3) is 6.77. The van der Waals surface area contributed by atoms with Crippen LogP contribution in [0.2, 0.25) is 0 Å². The topological polar surface area (TPSA) is 65.7 Å². The number of anilines is 1. The minimum absolute atomic E-state index is 0. The van der Waals surface area contributed by atoms with Crippen molar-refractivity contribution in [3.63, 3.8) is 0 Å². The third-order valence-electron chi connectivity index (χ3n) is 3.55. The average molecular weight is 443 g/mol. The van der Waals surface area contributed by atoms with Crippen LogP contribution in [0, 0.1) is 0 Å². The highest BCUT2D eigenvalue weighted by atomic mass is 127. The van der Waals surface area contributed by atoms with Crippen molar-refractivity contribution in [2.45, 2.75) is 19.9 Å². The van der Waals surface area contributed by atoms with Crippen LogP contribution in [0.25, 0.3) is 0 Å². The predicted molar refractivity (Wildman–Crippen MR) is 109 cm³/mol. The lowest BCUT2D eigenvalue weighted by Gasteiger charge is -2.23. The standard InChI is InChI=1S/C17H25N5O.HI/c1-3-22(16-8-5-4-6-9-16)12-7-11-19-17(18-2)20-14-15-10-13-23-21-15;/h4-6,8-10,13H,3,7,11-12,14H2,1-2H3,(H2,18,19,20);1H. The minimum Gasteiger partial charge on any atom is -0.372 e. The van der Waals surface area contributed by atoms with Crippen molar-refractivity contribution in [2.24, 2.45) is 4.99 Å². The van der Waals surface area contributed by atoms with E-state index in [2.05, 4.69) is 56.9 Å². The Morgan fingerprint density at radius 1 is 1.21 bits per heavy atom. The van der Waals surface area contributed by atoms with Crippen LogP contribution in [-0.2, 0) is 6.54 Å². The highest BCUT2D eigenvalue weighted by Crippen LogP contribution is 2.12. The summed E-state index contributed by atoms with van der Waals surface area (Å²) < 4.78 is 4.80. The number of guanidine groups is 1. The van der Waals surface area contributed by atoms with E-state index in [1.54, 1.807) is 13.3 Å². The second-order valence-electron chi connectivity index (χ2n) is 5.11. The van der Waals surface area contributed by atoms with Crippen LogP contribution in [0.4, 0.5) is 5.69 Å². The van der Waals surface area contributed by atoms with Crippen LogP contribution in [-0.4, -0.2) is 37.8 Å². The fraction of sp³-hybridized carbons (Fsp3) is 0.412. The molecule has 0 radical (unpaired) electrons. The van der Waals surface area contributed by atoms with E-state index in [1.807, 2.05) is 12.1 Å². The van der Waals surface area contributed by atoms with Gasteiger partial charge in [-0.3, -0.25) is 4.99 Å². The van der Waals surface area contributed by atoms with Gasteiger partial charge in [0.2, 0.25) is 0 Å². The molecule has 1 aromatic carbocycles. The van der Waals surface area contributed by atoms with Crippen molar-refractivity contribution < 1.29 is 4.52 Å². The van der Waals surface area contributed by atoms with E-state index in [1.165, 1.54) is 5.69 Å². The van der Waals surface area contributed by atoms with E-state index >= 15 is 0 Å². The van der Waals surface area contributed by atoms with Crippen molar-refractivity contribution in [2.75, 3.05) is 31.6 Å². The van der Waals surface area contributed by atoms with E-state index in [0.29, 0.717) is 6.54 Å². The number of aromatic nitrogens is 1. The minimum atomic E-state index is 0. The number of hydrogen-bond acceptors (Lipinski definition) is 4. The summed E-state index contributed by atoms with van der Waals surface area (Å²) >= 11 is 0. The summed E-state index contributed by atoms with van der Waals surface area (Å²) in [5, 5.41) is 10.4. The molecule has 6 nitrogen and oxygen atoms in total. The quantitative estimate of drug-likeness (QED) is 0.284. The zero-order chi connectivity index (χ0) is 16.3. The molecule has 2 N–H and O–H groups in total. The first-order valence-electron chi connectivity index (χ1n) is 7.97. The molecule has 0 aliphatic carbocycles. The first-order valence-corrected chi connectivity index (χ1v) is 7.97. The molecule has 0 spiro atoms. The molecule has 0 bridgehead atoms. The molecule has 0 aliphatic heterocycles. The van der Waals surface area contributed by atoms with Gasteiger partial charge in [0.05, 0.1) is 6.54 Å². The van der Waals surface area contributed by atoms with E-state index in [0.717, 1.165) is 37.7 Å². The van der Waals surface area contributed by atoms with Crippen molar-refractivity contribution in [1.29, 1.82) is 0 Å². The Morgan fingerprint density at radius 3 is 2.62 bits per heavy atom. The molecule has 0 aliphatic rings. The van der Waals surface area contributed by atoms with Crippen molar-refractivity contribution >= 4 is 35.6 Å². The molecule has 0 unspecified atom stereocenters. The molecule has 132 valence electrons. The Hall–Kier alpha value is -1.77. The smallest absolute Gasteiger partial charge is 0.191 e. The monoisotopic (exact) mass is 443 g/mol. The Morgan fingerprint density at radius 2 is 2.00 bits per heavy atom. The second-order valence-corrected chi connectivity index (χ2v) is 5.11. The summed E-state index contributed by atoms with van der Waals surface area (Å²) in [5.74, 6) is 0.774. The number of para-hydroxylation sites is 1. The molecule has 2 rings (SSSR count). The molecule has 0 fully saturated rings. The van der Waals surface area contributed by atoms with Crippen LogP contribution >= 0.6 is 24.0 Å².